The van der Waals surface area contributed by atoms with Crippen LogP contribution in [0.3, 0.4) is 0 Å². The summed E-state index contributed by atoms with van der Waals surface area (Å²) in [4.78, 5) is 28.4. The molecular weight excluding hydrogens is 460 g/mol. The highest BCUT2D eigenvalue weighted by atomic mass is 16.6. The van der Waals surface area contributed by atoms with Crippen LogP contribution in [0.2, 0.25) is 0 Å². The predicted octanol–water partition coefficient (Wildman–Crippen LogP) is 6.18. The quantitative estimate of drug-likeness (QED) is 0.374. The number of unbranched alkanes of at least 4 members (excludes halogenated alkanes) is 1. The molecule has 0 unspecified atom stereocenters. The minimum absolute atomic E-state index is 0.00979. The molecule has 1 N–H and O–H groups in total. The molecule has 0 heterocycles. The molecule has 8 heteroatoms. The third kappa shape index (κ3) is 8.66. The minimum atomic E-state index is -1.02. The minimum Gasteiger partial charge on any atom is -0.497 e. The molecule has 2 rings (SSSR count). The number of ether oxygens (including phenoxy) is 3. The Hall–Kier alpha value is -3.42. The summed E-state index contributed by atoms with van der Waals surface area (Å²) in [6.45, 7) is 8.25. The SMILES string of the molecule is CCCC[C@@H](COC(=O)N(Cc1ccc(OC)cc1)Cc1ccc(OC)cc1)N(C(=O)O)C(C)(C)C. The molecule has 0 saturated heterocycles. The molecule has 0 aromatic heterocycles. The number of hydrogen-bond donors (Lipinski definition) is 1. The summed E-state index contributed by atoms with van der Waals surface area (Å²) in [7, 11) is 3.21. The summed E-state index contributed by atoms with van der Waals surface area (Å²) < 4.78 is 16.2. The van der Waals surface area contributed by atoms with Gasteiger partial charge in [-0.1, -0.05) is 44.0 Å². The first-order chi connectivity index (χ1) is 17.1. The zero-order chi connectivity index (χ0) is 26.7. The van der Waals surface area contributed by atoms with Crippen LogP contribution >= 0.6 is 0 Å². The Balaban J connectivity index is 2.23. The van der Waals surface area contributed by atoms with E-state index >= 15 is 0 Å². The van der Waals surface area contributed by atoms with Crippen molar-refractivity contribution in [3.8, 4) is 11.5 Å². The fourth-order valence-corrected chi connectivity index (χ4v) is 4.06. The van der Waals surface area contributed by atoms with Gasteiger partial charge in [-0.05, 0) is 62.6 Å². The summed E-state index contributed by atoms with van der Waals surface area (Å²) in [5, 5.41) is 9.88. The fourth-order valence-electron chi connectivity index (χ4n) is 4.06. The smallest absolute Gasteiger partial charge is 0.410 e. The predicted molar refractivity (Wildman–Crippen MR) is 140 cm³/mol. The second kappa shape index (κ2) is 13.6. The maximum absolute atomic E-state index is 13.3. The molecule has 0 aliphatic rings. The van der Waals surface area contributed by atoms with Crippen molar-refractivity contribution in [2.75, 3.05) is 20.8 Å². The Labute approximate surface area is 214 Å². The Bertz CT molecular complexity index is 904. The third-order valence-corrected chi connectivity index (χ3v) is 5.91. The first-order valence-corrected chi connectivity index (χ1v) is 12.3. The molecule has 0 spiro atoms. The first-order valence-electron chi connectivity index (χ1n) is 12.3. The maximum Gasteiger partial charge on any atom is 0.410 e. The summed E-state index contributed by atoms with van der Waals surface area (Å²) in [5.74, 6) is 1.47. The van der Waals surface area contributed by atoms with Gasteiger partial charge in [-0.2, -0.15) is 0 Å². The highest BCUT2D eigenvalue weighted by molar-refractivity contribution is 5.68. The topological polar surface area (TPSA) is 88.5 Å². The Morgan fingerprint density at radius 2 is 1.36 bits per heavy atom. The number of carboxylic acid groups (broad SMARTS) is 1. The lowest BCUT2D eigenvalue weighted by Crippen LogP contribution is -2.53. The number of nitrogens with zero attached hydrogens (tertiary/aromatic N) is 2. The van der Waals surface area contributed by atoms with Crippen molar-refractivity contribution in [2.24, 2.45) is 0 Å². The average Bonchev–Trinajstić information content (AvgIpc) is 2.84. The van der Waals surface area contributed by atoms with E-state index in [0.29, 0.717) is 19.5 Å². The van der Waals surface area contributed by atoms with Crippen molar-refractivity contribution in [1.82, 2.24) is 9.80 Å². The zero-order valence-corrected chi connectivity index (χ0v) is 22.3. The molecule has 0 fully saturated rings. The van der Waals surface area contributed by atoms with Crippen molar-refractivity contribution in [2.45, 2.75) is 71.6 Å². The van der Waals surface area contributed by atoms with Gasteiger partial charge in [0.15, 0.2) is 0 Å². The van der Waals surface area contributed by atoms with Gasteiger partial charge in [-0.3, -0.25) is 9.80 Å². The molecule has 2 aromatic rings. The summed E-state index contributed by atoms with van der Waals surface area (Å²) in [5.41, 5.74) is 1.22. The molecule has 8 nitrogen and oxygen atoms in total. The standard InChI is InChI=1S/C28H40N2O6/c1-7-8-9-23(30(26(31)32)28(2,3)4)20-36-27(33)29(18-21-10-14-24(34-5)15-11-21)19-22-12-16-25(35-6)17-13-22/h10-17,23H,7-9,18-20H2,1-6H3,(H,31,32)/t23-/m0/s1. The summed E-state index contributed by atoms with van der Waals surface area (Å²) >= 11 is 0. The lowest BCUT2D eigenvalue weighted by molar-refractivity contribution is 0.0241. The van der Waals surface area contributed by atoms with E-state index in [1.807, 2.05) is 69.3 Å². The van der Waals surface area contributed by atoms with Crippen LogP contribution in [-0.2, 0) is 17.8 Å². The zero-order valence-electron chi connectivity index (χ0n) is 22.3. The van der Waals surface area contributed by atoms with Gasteiger partial charge in [-0.15, -0.1) is 0 Å². The number of methoxy groups -OCH3 is 2. The number of rotatable bonds is 12. The van der Waals surface area contributed by atoms with Crippen molar-refractivity contribution >= 4 is 12.2 Å². The Kier molecular flexibility index (Phi) is 10.9. The molecule has 1 atom stereocenters. The number of hydrogen-bond acceptors (Lipinski definition) is 5. The van der Waals surface area contributed by atoms with Gasteiger partial charge < -0.3 is 19.3 Å². The van der Waals surface area contributed by atoms with Crippen LogP contribution < -0.4 is 9.47 Å². The van der Waals surface area contributed by atoms with Crippen LogP contribution in [0.5, 0.6) is 11.5 Å². The molecule has 0 radical (unpaired) electrons. The molecule has 2 aromatic carbocycles. The fraction of sp³-hybridized carbons (Fsp3) is 0.500. The van der Waals surface area contributed by atoms with Crippen LogP contribution in [-0.4, -0.2) is 59.5 Å². The Morgan fingerprint density at radius 3 is 1.72 bits per heavy atom. The molecule has 0 aliphatic carbocycles. The van der Waals surface area contributed by atoms with E-state index in [2.05, 4.69) is 6.92 Å². The van der Waals surface area contributed by atoms with Crippen molar-refractivity contribution in [1.29, 1.82) is 0 Å². The maximum atomic E-state index is 13.3. The van der Waals surface area contributed by atoms with E-state index < -0.39 is 23.8 Å². The van der Waals surface area contributed by atoms with Gasteiger partial charge in [0.2, 0.25) is 0 Å². The van der Waals surface area contributed by atoms with Gasteiger partial charge in [-0.25, -0.2) is 9.59 Å². The number of carbonyl (C=O) groups excluding carboxylic acids is 1. The van der Waals surface area contributed by atoms with E-state index in [-0.39, 0.29) is 6.61 Å². The molecule has 198 valence electrons. The van der Waals surface area contributed by atoms with Crippen molar-refractivity contribution in [3.05, 3.63) is 59.7 Å². The van der Waals surface area contributed by atoms with Crippen LogP contribution in [0.25, 0.3) is 0 Å². The molecule has 0 aliphatic heterocycles. The van der Waals surface area contributed by atoms with Gasteiger partial charge in [0, 0.05) is 18.6 Å². The summed E-state index contributed by atoms with van der Waals surface area (Å²) in [6.07, 6.45) is 0.854. The van der Waals surface area contributed by atoms with E-state index in [0.717, 1.165) is 35.5 Å². The monoisotopic (exact) mass is 500 g/mol. The lowest BCUT2D eigenvalue weighted by atomic mass is 10.0. The Morgan fingerprint density at radius 1 is 0.889 bits per heavy atom. The highest BCUT2D eigenvalue weighted by Crippen LogP contribution is 2.23. The van der Waals surface area contributed by atoms with Crippen molar-refractivity contribution < 1.29 is 28.9 Å². The molecule has 2 amide bonds. The largest absolute Gasteiger partial charge is 0.497 e. The van der Waals surface area contributed by atoms with Gasteiger partial charge >= 0.3 is 12.2 Å². The molecule has 0 bridgehead atoms. The first kappa shape index (κ1) is 28.8. The highest BCUT2D eigenvalue weighted by Gasteiger charge is 2.34. The molecular formula is C28H40N2O6. The van der Waals surface area contributed by atoms with Crippen LogP contribution in [0.15, 0.2) is 48.5 Å². The van der Waals surface area contributed by atoms with E-state index in [4.69, 9.17) is 14.2 Å². The number of carbonyl (C=O) groups is 2. The number of benzene rings is 2. The molecule has 36 heavy (non-hydrogen) atoms. The van der Waals surface area contributed by atoms with Crippen LogP contribution in [0, 0.1) is 0 Å². The van der Waals surface area contributed by atoms with Gasteiger partial charge in [0.1, 0.15) is 18.1 Å². The second-order valence-electron chi connectivity index (χ2n) is 9.75. The average molecular weight is 501 g/mol. The van der Waals surface area contributed by atoms with E-state index in [9.17, 15) is 14.7 Å². The summed E-state index contributed by atoms with van der Waals surface area (Å²) in [6, 6.07) is 14.6. The van der Waals surface area contributed by atoms with Crippen LogP contribution in [0.4, 0.5) is 9.59 Å². The third-order valence-electron chi connectivity index (χ3n) is 5.91. The van der Waals surface area contributed by atoms with E-state index in [1.54, 1.807) is 19.1 Å². The second-order valence-corrected chi connectivity index (χ2v) is 9.75. The van der Waals surface area contributed by atoms with Gasteiger partial charge in [0.25, 0.3) is 0 Å². The van der Waals surface area contributed by atoms with Crippen molar-refractivity contribution in [3.63, 3.8) is 0 Å². The van der Waals surface area contributed by atoms with Crippen LogP contribution in [0.1, 0.15) is 58.1 Å². The lowest BCUT2D eigenvalue weighted by Gasteiger charge is -2.39. The van der Waals surface area contributed by atoms with Gasteiger partial charge in [0.05, 0.1) is 20.3 Å². The molecule has 0 saturated carbocycles. The number of amides is 2. The van der Waals surface area contributed by atoms with E-state index in [1.165, 1.54) is 4.90 Å². The normalized spacial score (nSPS) is 11.9.